The van der Waals surface area contributed by atoms with Crippen molar-refractivity contribution in [2.45, 2.75) is 57.8 Å². The molecule has 0 aromatic carbocycles. The molecule has 0 bridgehead atoms. The fourth-order valence-electron chi connectivity index (χ4n) is 1.81. The Kier molecular flexibility index (Phi) is 3.81. The standard InChI is InChI=1S/C10H18F3N/c1-7(5-9-3-4-9)14-8(2)6-10(11,12)13/h7-9,14H,3-6H2,1-2H3. The molecule has 1 saturated carbocycles. The first-order valence-corrected chi connectivity index (χ1v) is 5.19. The molecule has 0 spiro atoms. The number of alkyl halides is 3. The van der Waals surface area contributed by atoms with Crippen molar-refractivity contribution in [1.29, 1.82) is 0 Å². The van der Waals surface area contributed by atoms with E-state index in [0.29, 0.717) is 0 Å². The zero-order valence-electron chi connectivity index (χ0n) is 8.69. The van der Waals surface area contributed by atoms with Gasteiger partial charge in [-0.2, -0.15) is 13.2 Å². The monoisotopic (exact) mass is 209 g/mol. The minimum atomic E-state index is -4.05. The zero-order valence-corrected chi connectivity index (χ0v) is 8.69. The Labute approximate surface area is 83.1 Å². The molecular formula is C10H18F3N. The van der Waals surface area contributed by atoms with Gasteiger partial charge in [0, 0.05) is 12.1 Å². The smallest absolute Gasteiger partial charge is 0.311 e. The summed E-state index contributed by atoms with van der Waals surface area (Å²) >= 11 is 0. The van der Waals surface area contributed by atoms with Crippen molar-refractivity contribution in [1.82, 2.24) is 5.32 Å². The summed E-state index contributed by atoms with van der Waals surface area (Å²) in [6, 6.07) is -0.261. The van der Waals surface area contributed by atoms with Gasteiger partial charge in [0.15, 0.2) is 0 Å². The van der Waals surface area contributed by atoms with Gasteiger partial charge in [0.05, 0.1) is 6.42 Å². The minimum Gasteiger partial charge on any atom is -0.311 e. The molecule has 2 atom stereocenters. The molecule has 1 rings (SSSR count). The molecule has 14 heavy (non-hydrogen) atoms. The van der Waals surface area contributed by atoms with Crippen LogP contribution in [-0.2, 0) is 0 Å². The van der Waals surface area contributed by atoms with Gasteiger partial charge in [-0.25, -0.2) is 0 Å². The SMILES string of the molecule is CC(CC1CC1)NC(C)CC(F)(F)F. The van der Waals surface area contributed by atoms with Gasteiger partial charge in [0.25, 0.3) is 0 Å². The number of halogens is 3. The van der Waals surface area contributed by atoms with E-state index in [1.54, 1.807) is 6.92 Å². The van der Waals surface area contributed by atoms with Crippen LogP contribution in [0.1, 0.15) is 39.5 Å². The molecule has 0 aliphatic heterocycles. The average molecular weight is 209 g/mol. The largest absolute Gasteiger partial charge is 0.390 e. The van der Waals surface area contributed by atoms with Gasteiger partial charge < -0.3 is 5.32 Å². The van der Waals surface area contributed by atoms with E-state index in [1.165, 1.54) is 12.8 Å². The van der Waals surface area contributed by atoms with Crippen LogP contribution in [0, 0.1) is 5.92 Å². The van der Waals surface area contributed by atoms with Gasteiger partial charge in [0.1, 0.15) is 0 Å². The second-order valence-corrected chi connectivity index (χ2v) is 4.47. The highest BCUT2D eigenvalue weighted by Crippen LogP contribution is 2.33. The molecule has 0 aromatic heterocycles. The van der Waals surface area contributed by atoms with E-state index in [1.807, 2.05) is 6.92 Å². The van der Waals surface area contributed by atoms with Gasteiger partial charge in [-0.15, -0.1) is 0 Å². The van der Waals surface area contributed by atoms with Gasteiger partial charge in [0.2, 0.25) is 0 Å². The van der Waals surface area contributed by atoms with E-state index in [9.17, 15) is 13.2 Å². The lowest BCUT2D eigenvalue weighted by Crippen LogP contribution is -2.37. The summed E-state index contributed by atoms with van der Waals surface area (Å²) in [4.78, 5) is 0. The average Bonchev–Trinajstić information content (AvgIpc) is 2.64. The summed E-state index contributed by atoms with van der Waals surface area (Å²) in [5, 5.41) is 2.99. The van der Waals surface area contributed by atoms with Crippen LogP contribution in [0.5, 0.6) is 0 Å². The number of rotatable bonds is 5. The Balaban J connectivity index is 2.14. The predicted molar refractivity (Wildman–Crippen MR) is 50.1 cm³/mol. The van der Waals surface area contributed by atoms with E-state index in [2.05, 4.69) is 5.32 Å². The van der Waals surface area contributed by atoms with Gasteiger partial charge in [-0.1, -0.05) is 12.8 Å². The lowest BCUT2D eigenvalue weighted by atomic mass is 10.1. The first-order valence-electron chi connectivity index (χ1n) is 5.19. The van der Waals surface area contributed by atoms with Gasteiger partial charge in [-0.3, -0.25) is 0 Å². The van der Waals surface area contributed by atoms with Crippen LogP contribution in [0.25, 0.3) is 0 Å². The highest BCUT2D eigenvalue weighted by Gasteiger charge is 2.31. The van der Waals surface area contributed by atoms with Crippen molar-refractivity contribution in [2.24, 2.45) is 5.92 Å². The van der Waals surface area contributed by atoms with Crippen molar-refractivity contribution < 1.29 is 13.2 Å². The molecule has 1 N–H and O–H groups in total. The maximum Gasteiger partial charge on any atom is 0.390 e. The summed E-state index contributed by atoms with van der Waals surface area (Å²) in [6.45, 7) is 3.56. The Hall–Kier alpha value is -0.250. The molecule has 0 amide bonds. The zero-order chi connectivity index (χ0) is 10.8. The second-order valence-electron chi connectivity index (χ2n) is 4.47. The topological polar surface area (TPSA) is 12.0 Å². The molecule has 0 radical (unpaired) electrons. The molecule has 4 heteroatoms. The van der Waals surface area contributed by atoms with Crippen LogP contribution in [0.3, 0.4) is 0 Å². The summed E-state index contributed by atoms with van der Waals surface area (Å²) < 4.78 is 36.0. The summed E-state index contributed by atoms with van der Waals surface area (Å²) in [5.41, 5.74) is 0. The quantitative estimate of drug-likeness (QED) is 0.733. The Morgan fingerprint density at radius 3 is 2.21 bits per heavy atom. The van der Waals surface area contributed by atoms with Crippen LogP contribution in [0.15, 0.2) is 0 Å². The molecule has 1 fully saturated rings. The maximum absolute atomic E-state index is 12.0. The fourth-order valence-corrected chi connectivity index (χ4v) is 1.81. The Bertz CT molecular complexity index is 175. The normalized spacial score (nSPS) is 22.1. The third-order valence-electron chi connectivity index (χ3n) is 2.49. The molecule has 1 aliphatic rings. The highest BCUT2D eigenvalue weighted by atomic mass is 19.4. The Morgan fingerprint density at radius 2 is 1.79 bits per heavy atom. The molecule has 0 heterocycles. The third kappa shape index (κ3) is 5.47. The van der Waals surface area contributed by atoms with Crippen LogP contribution in [0.2, 0.25) is 0 Å². The summed E-state index contributed by atoms with van der Waals surface area (Å²) in [5.74, 6) is 0.760. The number of hydrogen-bond acceptors (Lipinski definition) is 1. The van der Waals surface area contributed by atoms with Crippen molar-refractivity contribution in [2.75, 3.05) is 0 Å². The lowest BCUT2D eigenvalue weighted by Gasteiger charge is -2.20. The molecule has 0 aromatic rings. The predicted octanol–water partition coefficient (Wildman–Crippen LogP) is 3.11. The highest BCUT2D eigenvalue weighted by molar-refractivity contribution is 4.79. The molecule has 2 unspecified atom stereocenters. The Morgan fingerprint density at radius 1 is 1.21 bits per heavy atom. The van der Waals surface area contributed by atoms with Crippen LogP contribution >= 0.6 is 0 Å². The van der Waals surface area contributed by atoms with E-state index >= 15 is 0 Å². The summed E-state index contributed by atoms with van der Waals surface area (Å²) in [6.07, 6.45) is -1.27. The maximum atomic E-state index is 12.0. The number of nitrogens with one attached hydrogen (secondary N) is 1. The second kappa shape index (κ2) is 4.51. The fraction of sp³-hybridized carbons (Fsp3) is 1.00. The van der Waals surface area contributed by atoms with E-state index in [-0.39, 0.29) is 6.04 Å². The van der Waals surface area contributed by atoms with Gasteiger partial charge in [-0.05, 0) is 26.2 Å². The van der Waals surface area contributed by atoms with Crippen LogP contribution in [0.4, 0.5) is 13.2 Å². The minimum absolute atomic E-state index is 0.208. The molecular weight excluding hydrogens is 191 g/mol. The molecule has 1 aliphatic carbocycles. The van der Waals surface area contributed by atoms with Crippen molar-refractivity contribution in [3.05, 3.63) is 0 Å². The lowest BCUT2D eigenvalue weighted by molar-refractivity contribution is -0.139. The molecule has 0 saturated heterocycles. The molecule has 1 nitrogen and oxygen atoms in total. The van der Waals surface area contributed by atoms with E-state index in [0.717, 1.165) is 12.3 Å². The van der Waals surface area contributed by atoms with Gasteiger partial charge >= 0.3 is 6.18 Å². The summed E-state index contributed by atoms with van der Waals surface area (Å²) in [7, 11) is 0. The van der Waals surface area contributed by atoms with Crippen molar-refractivity contribution >= 4 is 0 Å². The van der Waals surface area contributed by atoms with Crippen LogP contribution in [-0.4, -0.2) is 18.3 Å². The van der Waals surface area contributed by atoms with Crippen molar-refractivity contribution in [3.8, 4) is 0 Å². The van der Waals surface area contributed by atoms with E-state index < -0.39 is 18.6 Å². The third-order valence-corrected chi connectivity index (χ3v) is 2.49. The van der Waals surface area contributed by atoms with Crippen LogP contribution < -0.4 is 5.32 Å². The number of hydrogen-bond donors (Lipinski definition) is 1. The van der Waals surface area contributed by atoms with Crippen molar-refractivity contribution in [3.63, 3.8) is 0 Å². The molecule has 84 valence electrons. The van der Waals surface area contributed by atoms with E-state index in [4.69, 9.17) is 0 Å². The first kappa shape index (κ1) is 11.8. The first-order chi connectivity index (χ1) is 6.37.